The van der Waals surface area contributed by atoms with Crippen molar-refractivity contribution >= 4 is 25.8 Å². The van der Waals surface area contributed by atoms with Crippen LogP contribution in [0.4, 0.5) is 4.39 Å². The Hall–Kier alpha value is -0.420. The van der Waals surface area contributed by atoms with Crippen LogP contribution in [0.5, 0.6) is 0 Å². The average molecular weight is 337 g/mol. The Morgan fingerprint density at radius 3 is 2.06 bits per heavy atom. The predicted molar refractivity (Wildman–Crippen MR) is 75.3 cm³/mol. The lowest BCUT2D eigenvalue weighted by molar-refractivity contribution is 0.351. The van der Waals surface area contributed by atoms with Gasteiger partial charge in [-0.15, -0.1) is 0 Å². The molecule has 0 radical (unpaired) electrons. The van der Waals surface area contributed by atoms with Crippen molar-refractivity contribution in [3.05, 3.63) is 30.1 Å². The monoisotopic (exact) mass is 336 g/mol. The summed E-state index contributed by atoms with van der Waals surface area (Å²) in [5.41, 5.74) is -0.257. The molecule has 0 heterocycles. The van der Waals surface area contributed by atoms with E-state index < -0.39 is 15.7 Å². The normalized spacial score (nSPS) is 12.7. The fraction of sp³-hybridized carbons (Fsp3) is 0.538. The van der Waals surface area contributed by atoms with Crippen molar-refractivity contribution in [2.45, 2.75) is 31.6 Å². The van der Waals surface area contributed by atoms with Crippen molar-refractivity contribution in [1.29, 1.82) is 0 Å². The van der Waals surface area contributed by atoms with Gasteiger partial charge in [0, 0.05) is 5.33 Å². The first kappa shape index (κ1) is 15.6. The first-order valence-corrected chi connectivity index (χ1v) is 8.71. The van der Waals surface area contributed by atoms with Gasteiger partial charge < -0.3 is 0 Å². The largest absolute Gasteiger partial charge is 0.224 e. The lowest BCUT2D eigenvalue weighted by Crippen LogP contribution is -2.30. The van der Waals surface area contributed by atoms with Gasteiger partial charge in [-0.1, -0.05) is 29.8 Å². The summed E-state index contributed by atoms with van der Waals surface area (Å²) in [5, 5.41) is 0.646. The maximum absolute atomic E-state index is 12.8. The van der Waals surface area contributed by atoms with E-state index in [2.05, 4.69) is 15.9 Å². The van der Waals surface area contributed by atoms with Crippen LogP contribution in [0.3, 0.4) is 0 Å². The SMILES string of the molecule is CCC(CC)(CBr)CS(=O)(=O)c1ccc(F)cc1. The van der Waals surface area contributed by atoms with Crippen LogP contribution in [-0.4, -0.2) is 19.5 Å². The fourth-order valence-electron chi connectivity index (χ4n) is 1.81. The van der Waals surface area contributed by atoms with E-state index in [4.69, 9.17) is 0 Å². The van der Waals surface area contributed by atoms with Gasteiger partial charge >= 0.3 is 0 Å². The third-order valence-corrected chi connectivity index (χ3v) is 6.62. The van der Waals surface area contributed by atoms with Crippen molar-refractivity contribution in [3.63, 3.8) is 0 Å². The molecule has 0 amide bonds. The van der Waals surface area contributed by atoms with Crippen molar-refractivity contribution in [3.8, 4) is 0 Å². The van der Waals surface area contributed by atoms with Gasteiger partial charge in [0.15, 0.2) is 9.84 Å². The third kappa shape index (κ3) is 3.54. The lowest BCUT2D eigenvalue weighted by Gasteiger charge is -2.29. The van der Waals surface area contributed by atoms with Gasteiger partial charge in [0.05, 0.1) is 10.6 Å². The summed E-state index contributed by atoms with van der Waals surface area (Å²) in [6.45, 7) is 3.98. The summed E-state index contributed by atoms with van der Waals surface area (Å²) in [7, 11) is -3.37. The highest BCUT2D eigenvalue weighted by Gasteiger charge is 2.32. The average Bonchev–Trinajstić information content (AvgIpc) is 2.37. The van der Waals surface area contributed by atoms with Crippen LogP contribution in [0.2, 0.25) is 0 Å². The predicted octanol–water partition coefficient (Wildman–Crippen LogP) is 3.80. The molecule has 18 heavy (non-hydrogen) atoms. The van der Waals surface area contributed by atoms with Crippen molar-refractivity contribution in [2.24, 2.45) is 5.41 Å². The number of alkyl halides is 1. The van der Waals surface area contributed by atoms with Crippen molar-refractivity contribution in [2.75, 3.05) is 11.1 Å². The minimum Gasteiger partial charge on any atom is -0.224 e. The van der Waals surface area contributed by atoms with Crippen LogP contribution in [-0.2, 0) is 9.84 Å². The summed E-state index contributed by atoms with van der Waals surface area (Å²) >= 11 is 3.41. The summed E-state index contributed by atoms with van der Waals surface area (Å²) in [6, 6.07) is 5.02. The molecule has 0 aromatic heterocycles. The molecule has 0 atom stereocenters. The second-order valence-electron chi connectivity index (χ2n) is 4.55. The molecular weight excluding hydrogens is 319 g/mol. The van der Waals surface area contributed by atoms with Crippen LogP contribution in [0.1, 0.15) is 26.7 Å². The van der Waals surface area contributed by atoms with Crippen molar-refractivity contribution in [1.82, 2.24) is 0 Å². The first-order chi connectivity index (χ1) is 8.39. The fourth-order valence-corrected chi connectivity index (χ4v) is 5.10. The number of benzene rings is 1. The number of sulfone groups is 1. The molecule has 0 spiro atoms. The summed E-state index contributed by atoms with van der Waals surface area (Å²) < 4.78 is 37.4. The summed E-state index contributed by atoms with van der Waals surface area (Å²) in [4.78, 5) is 0.191. The number of hydrogen-bond donors (Lipinski definition) is 0. The highest BCUT2D eigenvalue weighted by molar-refractivity contribution is 9.09. The number of hydrogen-bond acceptors (Lipinski definition) is 2. The molecule has 0 aliphatic carbocycles. The van der Waals surface area contributed by atoms with Gasteiger partial charge in [-0.3, -0.25) is 0 Å². The smallest absolute Gasteiger partial charge is 0.178 e. The van der Waals surface area contributed by atoms with E-state index in [1.807, 2.05) is 13.8 Å². The first-order valence-electron chi connectivity index (χ1n) is 5.93. The highest BCUT2D eigenvalue weighted by atomic mass is 79.9. The molecule has 0 unspecified atom stereocenters. The summed E-state index contributed by atoms with van der Waals surface area (Å²) in [5.74, 6) is -0.337. The van der Waals surface area contributed by atoms with Crippen LogP contribution < -0.4 is 0 Å². The zero-order valence-electron chi connectivity index (χ0n) is 10.6. The molecule has 0 bridgehead atoms. The van der Waals surface area contributed by atoms with E-state index >= 15 is 0 Å². The minimum atomic E-state index is -3.37. The molecular formula is C13H18BrFO2S. The van der Waals surface area contributed by atoms with E-state index in [9.17, 15) is 12.8 Å². The van der Waals surface area contributed by atoms with E-state index in [1.54, 1.807) is 0 Å². The van der Waals surface area contributed by atoms with Crippen LogP contribution in [0, 0.1) is 11.2 Å². The quantitative estimate of drug-likeness (QED) is 0.584. The van der Waals surface area contributed by atoms with Crippen LogP contribution in [0.25, 0.3) is 0 Å². The van der Waals surface area contributed by atoms with Gasteiger partial charge in [0.25, 0.3) is 0 Å². The molecule has 2 nitrogen and oxygen atoms in total. The summed E-state index contributed by atoms with van der Waals surface area (Å²) in [6.07, 6.45) is 1.57. The highest BCUT2D eigenvalue weighted by Crippen LogP contribution is 2.32. The van der Waals surface area contributed by atoms with Crippen LogP contribution >= 0.6 is 15.9 Å². The molecule has 0 fully saturated rings. The molecule has 0 aliphatic heterocycles. The van der Waals surface area contributed by atoms with E-state index in [-0.39, 0.29) is 16.1 Å². The molecule has 5 heteroatoms. The maximum Gasteiger partial charge on any atom is 0.178 e. The topological polar surface area (TPSA) is 34.1 Å². The zero-order valence-corrected chi connectivity index (χ0v) is 13.0. The minimum absolute atomic E-state index is 0.0872. The van der Waals surface area contributed by atoms with E-state index in [1.165, 1.54) is 24.3 Å². The lowest BCUT2D eigenvalue weighted by atomic mass is 9.87. The van der Waals surface area contributed by atoms with E-state index in [0.29, 0.717) is 5.33 Å². The Bertz CT molecular complexity index is 470. The Balaban J connectivity index is 3.04. The van der Waals surface area contributed by atoms with Crippen LogP contribution in [0.15, 0.2) is 29.2 Å². The van der Waals surface area contributed by atoms with Gasteiger partial charge in [0.2, 0.25) is 0 Å². The molecule has 0 N–H and O–H groups in total. The Labute approximate surface area is 117 Å². The van der Waals surface area contributed by atoms with Gasteiger partial charge in [-0.2, -0.15) is 0 Å². The molecule has 1 aromatic rings. The molecule has 102 valence electrons. The van der Waals surface area contributed by atoms with Crippen molar-refractivity contribution < 1.29 is 12.8 Å². The molecule has 1 aromatic carbocycles. The van der Waals surface area contributed by atoms with E-state index in [0.717, 1.165) is 12.8 Å². The molecule has 0 saturated heterocycles. The molecule has 1 rings (SSSR count). The second kappa shape index (κ2) is 6.15. The number of rotatable bonds is 6. The van der Waals surface area contributed by atoms with Gasteiger partial charge in [-0.05, 0) is 42.5 Å². The maximum atomic E-state index is 12.8. The molecule has 0 aliphatic rings. The standard InChI is InChI=1S/C13H18BrFO2S/c1-3-13(4-2,9-14)10-18(16,17)12-7-5-11(15)6-8-12/h5-8H,3-4,9-10H2,1-2H3. The van der Waals surface area contributed by atoms with Gasteiger partial charge in [0.1, 0.15) is 5.82 Å². The Morgan fingerprint density at radius 2 is 1.67 bits per heavy atom. The zero-order chi connectivity index (χ0) is 13.8. The second-order valence-corrected chi connectivity index (χ2v) is 7.10. The Kier molecular flexibility index (Phi) is 5.34. The Morgan fingerprint density at radius 1 is 1.17 bits per heavy atom. The van der Waals surface area contributed by atoms with Gasteiger partial charge in [-0.25, -0.2) is 12.8 Å². The third-order valence-electron chi connectivity index (χ3n) is 3.45. The molecule has 0 saturated carbocycles. The number of halogens is 2.